The highest BCUT2D eigenvalue weighted by Crippen LogP contribution is 2.19. The van der Waals surface area contributed by atoms with Gasteiger partial charge in [0.15, 0.2) is 0 Å². The predicted molar refractivity (Wildman–Crippen MR) is 87.4 cm³/mol. The maximum Gasteiger partial charge on any atom is 0.123 e. The molecule has 0 saturated carbocycles. The van der Waals surface area contributed by atoms with Gasteiger partial charge in [-0.25, -0.2) is 0 Å². The molecule has 0 radical (unpaired) electrons. The van der Waals surface area contributed by atoms with Gasteiger partial charge in [-0.2, -0.15) is 0 Å². The van der Waals surface area contributed by atoms with Crippen LogP contribution in [0.1, 0.15) is 16.7 Å². The lowest BCUT2D eigenvalue weighted by molar-refractivity contribution is 0.310. The highest BCUT2D eigenvalue weighted by molar-refractivity contribution is 5.33. The molecule has 1 N–H and O–H groups in total. The molecule has 2 aromatic carbocycles. The molecular weight excluding hydrogens is 260 g/mol. The third-order valence-electron chi connectivity index (χ3n) is 3.49. The Morgan fingerprint density at radius 2 is 1.62 bits per heavy atom. The molecule has 0 aromatic heterocycles. The van der Waals surface area contributed by atoms with Crippen molar-refractivity contribution in [3.63, 3.8) is 0 Å². The van der Waals surface area contributed by atoms with Crippen LogP contribution < -0.4 is 10.1 Å². The van der Waals surface area contributed by atoms with E-state index in [4.69, 9.17) is 4.74 Å². The Morgan fingerprint density at radius 1 is 0.952 bits per heavy atom. The average Bonchev–Trinajstić information content (AvgIpc) is 2.50. The minimum atomic E-state index is 0.877. The van der Waals surface area contributed by atoms with Gasteiger partial charge in [0.2, 0.25) is 0 Å². The first-order valence-electron chi connectivity index (χ1n) is 7.25. The van der Waals surface area contributed by atoms with Gasteiger partial charge < -0.3 is 10.1 Å². The molecule has 0 atom stereocenters. The summed E-state index contributed by atoms with van der Waals surface area (Å²) in [6.07, 6.45) is 0. The molecule has 0 spiro atoms. The fraction of sp³-hybridized carbons (Fsp3) is 0.333. The van der Waals surface area contributed by atoms with Crippen LogP contribution in [0.4, 0.5) is 0 Å². The lowest BCUT2D eigenvalue weighted by atomic mass is 10.1. The van der Waals surface area contributed by atoms with E-state index in [1.54, 1.807) is 7.11 Å². The minimum Gasteiger partial charge on any atom is -0.496 e. The number of benzene rings is 2. The molecule has 0 unspecified atom stereocenters. The summed E-state index contributed by atoms with van der Waals surface area (Å²) < 4.78 is 5.41. The topological polar surface area (TPSA) is 24.5 Å². The zero-order chi connectivity index (χ0) is 15.1. The first kappa shape index (κ1) is 15.5. The Morgan fingerprint density at radius 3 is 2.29 bits per heavy atom. The van der Waals surface area contributed by atoms with Crippen molar-refractivity contribution in [3.8, 4) is 5.75 Å². The number of ether oxygens (including phenoxy) is 1. The van der Waals surface area contributed by atoms with Crippen LogP contribution in [-0.4, -0.2) is 26.1 Å². The van der Waals surface area contributed by atoms with Crippen LogP contribution >= 0.6 is 0 Å². The van der Waals surface area contributed by atoms with Crippen molar-refractivity contribution < 1.29 is 4.74 Å². The third kappa shape index (κ3) is 4.59. The molecule has 0 aliphatic carbocycles. The van der Waals surface area contributed by atoms with Crippen molar-refractivity contribution >= 4 is 0 Å². The Balaban J connectivity index is 1.96. The number of para-hydroxylation sites is 1. The molecule has 3 nitrogen and oxygen atoms in total. The first-order chi connectivity index (χ1) is 10.2. The van der Waals surface area contributed by atoms with Gasteiger partial charge in [0, 0.05) is 25.2 Å². The lowest BCUT2D eigenvalue weighted by Gasteiger charge is -2.18. The van der Waals surface area contributed by atoms with Gasteiger partial charge in [-0.15, -0.1) is 0 Å². The monoisotopic (exact) mass is 284 g/mol. The molecule has 0 aliphatic rings. The zero-order valence-corrected chi connectivity index (χ0v) is 13.1. The normalized spacial score (nSPS) is 10.9. The fourth-order valence-electron chi connectivity index (χ4n) is 2.46. The third-order valence-corrected chi connectivity index (χ3v) is 3.49. The summed E-state index contributed by atoms with van der Waals surface area (Å²) in [5, 5.41) is 3.17. The zero-order valence-electron chi connectivity index (χ0n) is 13.1. The van der Waals surface area contributed by atoms with Crippen molar-refractivity contribution in [1.82, 2.24) is 10.2 Å². The number of hydrogen-bond donors (Lipinski definition) is 1. The summed E-state index contributed by atoms with van der Waals surface area (Å²) in [6.45, 7) is 2.72. The highest BCUT2D eigenvalue weighted by atomic mass is 16.5. The van der Waals surface area contributed by atoms with E-state index in [1.807, 2.05) is 19.2 Å². The van der Waals surface area contributed by atoms with Gasteiger partial charge in [-0.3, -0.25) is 4.90 Å². The molecule has 2 aromatic rings. The molecule has 112 valence electrons. The molecule has 0 saturated heterocycles. The van der Waals surface area contributed by atoms with Crippen LogP contribution in [0.15, 0.2) is 48.5 Å². The molecule has 21 heavy (non-hydrogen) atoms. The first-order valence-corrected chi connectivity index (χ1v) is 7.25. The second-order valence-corrected chi connectivity index (χ2v) is 5.33. The molecular formula is C18H24N2O. The lowest BCUT2D eigenvalue weighted by Crippen LogP contribution is -2.17. The Labute approximate surface area is 127 Å². The molecule has 0 bridgehead atoms. The summed E-state index contributed by atoms with van der Waals surface area (Å²) in [4.78, 5) is 2.30. The molecule has 0 heterocycles. The van der Waals surface area contributed by atoms with Gasteiger partial charge in [0.25, 0.3) is 0 Å². The van der Waals surface area contributed by atoms with Gasteiger partial charge in [0.1, 0.15) is 5.75 Å². The van der Waals surface area contributed by atoms with Crippen LogP contribution in [0.2, 0.25) is 0 Å². The molecule has 2 rings (SSSR count). The van der Waals surface area contributed by atoms with Gasteiger partial charge in [-0.1, -0.05) is 42.5 Å². The van der Waals surface area contributed by atoms with Gasteiger partial charge in [-0.05, 0) is 31.3 Å². The van der Waals surface area contributed by atoms with E-state index in [1.165, 1.54) is 16.7 Å². The van der Waals surface area contributed by atoms with E-state index < -0.39 is 0 Å². The summed E-state index contributed by atoms with van der Waals surface area (Å²) in [6, 6.07) is 16.9. The van der Waals surface area contributed by atoms with Crippen LogP contribution in [0.3, 0.4) is 0 Å². The Kier molecular flexibility index (Phi) is 5.78. The smallest absolute Gasteiger partial charge is 0.123 e. The summed E-state index contributed by atoms with van der Waals surface area (Å²) >= 11 is 0. The van der Waals surface area contributed by atoms with E-state index in [-0.39, 0.29) is 0 Å². The van der Waals surface area contributed by atoms with Crippen LogP contribution in [0, 0.1) is 0 Å². The van der Waals surface area contributed by atoms with E-state index in [2.05, 4.69) is 53.7 Å². The van der Waals surface area contributed by atoms with E-state index in [0.717, 1.165) is 25.4 Å². The number of methoxy groups -OCH3 is 1. The summed E-state index contributed by atoms with van der Waals surface area (Å²) in [7, 11) is 5.82. The van der Waals surface area contributed by atoms with E-state index in [9.17, 15) is 0 Å². The maximum absolute atomic E-state index is 5.41. The van der Waals surface area contributed by atoms with Crippen molar-refractivity contribution in [2.75, 3.05) is 21.2 Å². The standard InChI is InChI=1S/C18H24N2O/c1-19-12-15-8-10-16(11-9-15)13-20(2)14-17-6-4-5-7-18(17)21-3/h4-11,19H,12-14H2,1-3H3. The second-order valence-electron chi connectivity index (χ2n) is 5.33. The van der Waals surface area contributed by atoms with E-state index in [0.29, 0.717) is 0 Å². The molecule has 0 amide bonds. The molecule has 0 fully saturated rings. The number of hydrogen-bond acceptors (Lipinski definition) is 3. The van der Waals surface area contributed by atoms with Crippen molar-refractivity contribution in [1.29, 1.82) is 0 Å². The Bertz CT molecular complexity index is 551. The van der Waals surface area contributed by atoms with Crippen LogP contribution in [-0.2, 0) is 19.6 Å². The van der Waals surface area contributed by atoms with Crippen molar-refractivity contribution in [2.24, 2.45) is 0 Å². The molecule has 3 heteroatoms. The largest absolute Gasteiger partial charge is 0.496 e. The minimum absolute atomic E-state index is 0.877. The van der Waals surface area contributed by atoms with Gasteiger partial charge >= 0.3 is 0 Å². The number of nitrogens with one attached hydrogen (secondary N) is 1. The van der Waals surface area contributed by atoms with Crippen molar-refractivity contribution in [2.45, 2.75) is 19.6 Å². The SMILES string of the molecule is CNCc1ccc(CN(C)Cc2ccccc2OC)cc1. The van der Waals surface area contributed by atoms with Crippen LogP contribution in [0.25, 0.3) is 0 Å². The van der Waals surface area contributed by atoms with Crippen LogP contribution in [0.5, 0.6) is 5.75 Å². The highest BCUT2D eigenvalue weighted by Gasteiger charge is 2.06. The summed E-state index contributed by atoms with van der Waals surface area (Å²) in [5.41, 5.74) is 3.86. The van der Waals surface area contributed by atoms with E-state index >= 15 is 0 Å². The second kappa shape index (κ2) is 7.81. The number of rotatable bonds is 7. The Hall–Kier alpha value is -1.84. The summed E-state index contributed by atoms with van der Waals surface area (Å²) in [5.74, 6) is 0.953. The maximum atomic E-state index is 5.41. The average molecular weight is 284 g/mol. The molecule has 0 aliphatic heterocycles. The predicted octanol–water partition coefficient (Wildman–Crippen LogP) is 3.05. The fourth-order valence-corrected chi connectivity index (χ4v) is 2.46. The van der Waals surface area contributed by atoms with Gasteiger partial charge in [0.05, 0.1) is 7.11 Å². The quantitative estimate of drug-likeness (QED) is 0.846. The number of nitrogens with zero attached hydrogens (tertiary/aromatic N) is 1. The van der Waals surface area contributed by atoms with Crippen molar-refractivity contribution in [3.05, 3.63) is 65.2 Å².